The number of nitrogens with zero attached hydrogens (tertiary/aromatic N) is 3. The minimum atomic E-state index is -0.490. The Kier molecular flexibility index (Phi) is 5.62. The van der Waals surface area contributed by atoms with E-state index in [0.717, 1.165) is 6.42 Å². The van der Waals surface area contributed by atoms with E-state index in [1.807, 2.05) is 7.05 Å². The lowest BCUT2D eigenvalue weighted by atomic mass is 9.99. The number of rotatable bonds is 7. The van der Waals surface area contributed by atoms with Crippen LogP contribution >= 0.6 is 0 Å². The number of hydrogen-bond donors (Lipinski definition) is 1. The molecule has 0 radical (unpaired) electrons. The third-order valence-electron chi connectivity index (χ3n) is 2.84. The van der Waals surface area contributed by atoms with E-state index < -0.39 is 4.92 Å². The molecule has 0 fully saturated rings. The lowest BCUT2D eigenvalue weighted by Gasteiger charge is -2.17. The summed E-state index contributed by atoms with van der Waals surface area (Å²) in [5.74, 6) is 0.509. The molecule has 0 saturated heterocycles. The Labute approximate surface area is 112 Å². The molecule has 0 bridgehead atoms. The normalized spacial score (nSPS) is 12.5. The standard InChI is InChI=1S/C12H20N4O3/c1-8(2)5-9(13-3)6-10-11(16(17)18)12(19-4)15-7-14-10/h7-9,13H,5-6H2,1-4H3. The van der Waals surface area contributed by atoms with Crippen LogP contribution in [-0.2, 0) is 6.42 Å². The minimum absolute atomic E-state index is 0.00870. The van der Waals surface area contributed by atoms with Crippen molar-refractivity contribution < 1.29 is 9.66 Å². The van der Waals surface area contributed by atoms with Crippen molar-refractivity contribution in [2.45, 2.75) is 32.7 Å². The van der Waals surface area contributed by atoms with E-state index in [9.17, 15) is 10.1 Å². The molecule has 19 heavy (non-hydrogen) atoms. The summed E-state index contributed by atoms with van der Waals surface area (Å²) >= 11 is 0. The van der Waals surface area contributed by atoms with Gasteiger partial charge in [0.05, 0.1) is 12.0 Å². The van der Waals surface area contributed by atoms with Gasteiger partial charge in [-0.2, -0.15) is 4.98 Å². The maximum Gasteiger partial charge on any atom is 0.352 e. The first-order chi connectivity index (χ1) is 8.99. The highest BCUT2D eigenvalue weighted by molar-refractivity contribution is 5.44. The fourth-order valence-electron chi connectivity index (χ4n) is 1.98. The number of ether oxygens (including phenoxy) is 1. The first kappa shape index (κ1) is 15.3. The number of nitrogens with one attached hydrogen (secondary N) is 1. The van der Waals surface area contributed by atoms with Crippen LogP contribution in [0.5, 0.6) is 5.88 Å². The van der Waals surface area contributed by atoms with E-state index in [1.54, 1.807) is 0 Å². The predicted octanol–water partition coefficient (Wildman–Crippen LogP) is 1.57. The van der Waals surface area contributed by atoms with Crippen molar-refractivity contribution in [1.29, 1.82) is 0 Å². The fraction of sp³-hybridized carbons (Fsp3) is 0.667. The van der Waals surface area contributed by atoms with Crippen LogP contribution in [0.3, 0.4) is 0 Å². The number of hydrogen-bond acceptors (Lipinski definition) is 6. The molecular formula is C12H20N4O3. The van der Waals surface area contributed by atoms with Gasteiger partial charge in [-0.3, -0.25) is 10.1 Å². The summed E-state index contributed by atoms with van der Waals surface area (Å²) in [6.07, 6.45) is 2.69. The zero-order chi connectivity index (χ0) is 14.4. The third-order valence-corrected chi connectivity index (χ3v) is 2.84. The number of methoxy groups -OCH3 is 1. The summed E-state index contributed by atoms with van der Waals surface area (Å²) in [6, 6.07) is 0.137. The molecule has 0 saturated carbocycles. The second kappa shape index (κ2) is 6.98. The van der Waals surface area contributed by atoms with E-state index in [4.69, 9.17) is 4.74 Å². The number of nitro groups is 1. The molecular weight excluding hydrogens is 248 g/mol. The van der Waals surface area contributed by atoms with Crippen molar-refractivity contribution >= 4 is 5.69 Å². The van der Waals surface area contributed by atoms with Crippen molar-refractivity contribution in [2.24, 2.45) is 5.92 Å². The zero-order valence-electron chi connectivity index (χ0n) is 11.7. The Morgan fingerprint density at radius 2 is 2.16 bits per heavy atom. The van der Waals surface area contributed by atoms with E-state index in [2.05, 4.69) is 29.1 Å². The van der Waals surface area contributed by atoms with Gasteiger partial charge in [0.25, 0.3) is 5.88 Å². The zero-order valence-corrected chi connectivity index (χ0v) is 11.7. The Bertz CT molecular complexity index is 437. The Morgan fingerprint density at radius 1 is 1.47 bits per heavy atom. The molecule has 1 aromatic heterocycles. The summed E-state index contributed by atoms with van der Waals surface area (Å²) < 4.78 is 4.93. The van der Waals surface area contributed by atoms with Crippen molar-refractivity contribution in [3.05, 3.63) is 22.1 Å². The molecule has 1 heterocycles. The molecule has 0 aliphatic carbocycles. The largest absolute Gasteiger partial charge is 0.476 e. The van der Waals surface area contributed by atoms with Crippen molar-refractivity contribution in [3.63, 3.8) is 0 Å². The monoisotopic (exact) mass is 268 g/mol. The van der Waals surface area contributed by atoms with Crippen LogP contribution in [0.1, 0.15) is 26.0 Å². The van der Waals surface area contributed by atoms with E-state index in [-0.39, 0.29) is 17.6 Å². The molecule has 0 amide bonds. The Morgan fingerprint density at radius 3 is 2.63 bits per heavy atom. The molecule has 7 heteroatoms. The average molecular weight is 268 g/mol. The Hall–Kier alpha value is -1.76. The first-order valence-corrected chi connectivity index (χ1v) is 6.19. The lowest BCUT2D eigenvalue weighted by molar-refractivity contribution is -0.387. The lowest BCUT2D eigenvalue weighted by Crippen LogP contribution is -2.29. The van der Waals surface area contributed by atoms with Crippen LogP contribution in [0, 0.1) is 16.0 Å². The van der Waals surface area contributed by atoms with Gasteiger partial charge in [0.2, 0.25) is 0 Å². The molecule has 0 aliphatic rings. The topological polar surface area (TPSA) is 90.2 Å². The van der Waals surface area contributed by atoms with Crippen molar-refractivity contribution in [3.8, 4) is 5.88 Å². The van der Waals surface area contributed by atoms with Gasteiger partial charge in [0.15, 0.2) is 0 Å². The van der Waals surface area contributed by atoms with Crippen LogP contribution < -0.4 is 10.1 Å². The summed E-state index contributed by atoms with van der Waals surface area (Å²) in [7, 11) is 3.21. The highest BCUT2D eigenvalue weighted by atomic mass is 16.6. The molecule has 0 aliphatic heterocycles. The van der Waals surface area contributed by atoms with Gasteiger partial charge < -0.3 is 10.1 Å². The van der Waals surface area contributed by atoms with Gasteiger partial charge in [-0.15, -0.1) is 0 Å². The molecule has 1 rings (SSSR count). The summed E-state index contributed by atoms with van der Waals surface area (Å²) in [6.45, 7) is 4.22. The molecule has 0 spiro atoms. The fourth-order valence-corrected chi connectivity index (χ4v) is 1.98. The molecule has 0 aromatic carbocycles. The van der Waals surface area contributed by atoms with Crippen LogP contribution in [0.25, 0.3) is 0 Å². The average Bonchev–Trinajstić information content (AvgIpc) is 2.36. The second-order valence-electron chi connectivity index (χ2n) is 4.75. The van der Waals surface area contributed by atoms with E-state index in [1.165, 1.54) is 13.4 Å². The SMILES string of the molecule is CNC(Cc1ncnc(OC)c1[N+](=O)[O-])CC(C)C. The Balaban J connectivity index is 3.02. The molecule has 1 N–H and O–H groups in total. The van der Waals surface area contributed by atoms with Crippen molar-refractivity contribution in [2.75, 3.05) is 14.2 Å². The number of aromatic nitrogens is 2. The molecule has 1 aromatic rings. The smallest absolute Gasteiger partial charge is 0.352 e. The maximum atomic E-state index is 11.1. The second-order valence-corrected chi connectivity index (χ2v) is 4.75. The van der Waals surface area contributed by atoms with Crippen LogP contribution in [-0.4, -0.2) is 35.1 Å². The quantitative estimate of drug-likeness (QED) is 0.596. The van der Waals surface area contributed by atoms with Gasteiger partial charge in [0, 0.05) is 12.5 Å². The maximum absolute atomic E-state index is 11.1. The molecule has 7 nitrogen and oxygen atoms in total. The third kappa shape index (κ3) is 4.13. The predicted molar refractivity (Wildman–Crippen MR) is 71.2 cm³/mol. The van der Waals surface area contributed by atoms with E-state index in [0.29, 0.717) is 18.0 Å². The highest BCUT2D eigenvalue weighted by Crippen LogP contribution is 2.27. The van der Waals surface area contributed by atoms with Crippen LogP contribution in [0.15, 0.2) is 6.33 Å². The summed E-state index contributed by atoms with van der Waals surface area (Å²) in [5.41, 5.74) is 0.255. The molecule has 1 unspecified atom stereocenters. The van der Waals surface area contributed by atoms with Crippen LogP contribution in [0.2, 0.25) is 0 Å². The summed E-state index contributed by atoms with van der Waals surface area (Å²) in [4.78, 5) is 18.4. The summed E-state index contributed by atoms with van der Waals surface area (Å²) in [5, 5.41) is 14.3. The number of likely N-dealkylation sites (N-methyl/N-ethyl adjacent to an activating group) is 1. The van der Waals surface area contributed by atoms with Crippen molar-refractivity contribution in [1.82, 2.24) is 15.3 Å². The molecule has 106 valence electrons. The van der Waals surface area contributed by atoms with Gasteiger partial charge >= 0.3 is 5.69 Å². The molecule has 1 atom stereocenters. The highest BCUT2D eigenvalue weighted by Gasteiger charge is 2.25. The van der Waals surface area contributed by atoms with Gasteiger partial charge in [-0.05, 0) is 19.4 Å². The van der Waals surface area contributed by atoms with Gasteiger partial charge in [0.1, 0.15) is 12.0 Å². The first-order valence-electron chi connectivity index (χ1n) is 6.19. The van der Waals surface area contributed by atoms with Gasteiger partial charge in [-0.25, -0.2) is 4.98 Å². The van der Waals surface area contributed by atoms with E-state index >= 15 is 0 Å². The minimum Gasteiger partial charge on any atom is -0.476 e. The van der Waals surface area contributed by atoms with Gasteiger partial charge in [-0.1, -0.05) is 13.8 Å². The van der Waals surface area contributed by atoms with Crippen LogP contribution in [0.4, 0.5) is 5.69 Å².